The Bertz CT molecular complexity index is 218. The van der Waals surface area contributed by atoms with Crippen LogP contribution in [0.3, 0.4) is 0 Å². The Balaban J connectivity index is 2.45. The second-order valence-electron chi connectivity index (χ2n) is 5.85. The fraction of sp³-hybridized carbons (Fsp3) is 1.00. The van der Waals surface area contributed by atoms with Crippen molar-refractivity contribution < 1.29 is 9.84 Å². The number of methoxy groups -OCH3 is 1. The van der Waals surface area contributed by atoms with Gasteiger partial charge in [0, 0.05) is 25.5 Å². The van der Waals surface area contributed by atoms with Gasteiger partial charge in [0.05, 0.1) is 12.7 Å². The number of rotatable bonds is 7. The van der Waals surface area contributed by atoms with Gasteiger partial charge in [0.25, 0.3) is 0 Å². The quantitative estimate of drug-likeness (QED) is 0.578. The van der Waals surface area contributed by atoms with Crippen LogP contribution in [-0.2, 0) is 4.74 Å². The highest BCUT2D eigenvalue weighted by molar-refractivity contribution is 9.09. The maximum Gasteiger partial charge on any atom is 0.0899 e. The molecule has 1 atom stereocenters. The van der Waals surface area contributed by atoms with E-state index in [0.29, 0.717) is 18.6 Å². The summed E-state index contributed by atoms with van der Waals surface area (Å²) < 4.78 is 4.98. The molecule has 108 valence electrons. The minimum atomic E-state index is -0.377. The summed E-state index contributed by atoms with van der Waals surface area (Å²) in [6, 6.07) is 0. The predicted octanol–water partition coefficient (Wildman–Crippen LogP) is 2.66. The molecule has 3 nitrogen and oxygen atoms in total. The van der Waals surface area contributed by atoms with Crippen LogP contribution in [0.2, 0.25) is 0 Å². The topological polar surface area (TPSA) is 32.7 Å². The molecule has 0 bridgehead atoms. The molecule has 1 unspecified atom stereocenters. The number of aliphatic hydroxyl groups is 1. The molecule has 0 spiro atoms. The van der Waals surface area contributed by atoms with Gasteiger partial charge in [-0.05, 0) is 25.3 Å². The number of hydrogen-bond donors (Lipinski definition) is 1. The van der Waals surface area contributed by atoms with Crippen LogP contribution in [0.15, 0.2) is 0 Å². The van der Waals surface area contributed by atoms with Gasteiger partial charge in [0.15, 0.2) is 0 Å². The van der Waals surface area contributed by atoms with Crippen LogP contribution < -0.4 is 0 Å². The Labute approximate surface area is 120 Å². The lowest BCUT2D eigenvalue weighted by molar-refractivity contribution is 0.0338. The average Bonchev–Trinajstić information content (AvgIpc) is 2.55. The fourth-order valence-electron chi connectivity index (χ4n) is 3.05. The third-order valence-corrected chi connectivity index (χ3v) is 5.12. The molecule has 0 saturated heterocycles. The van der Waals surface area contributed by atoms with Crippen molar-refractivity contribution in [2.45, 2.75) is 44.6 Å². The zero-order valence-corrected chi connectivity index (χ0v) is 13.4. The van der Waals surface area contributed by atoms with Crippen molar-refractivity contribution in [2.75, 3.05) is 39.2 Å². The van der Waals surface area contributed by atoms with Crippen LogP contribution in [-0.4, -0.2) is 55.3 Å². The first-order chi connectivity index (χ1) is 8.62. The van der Waals surface area contributed by atoms with E-state index in [1.54, 1.807) is 7.11 Å². The van der Waals surface area contributed by atoms with Crippen molar-refractivity contribution in [1.29, 1.82) is 0 Å². The molecule has 1 aliphatic carbocycles. The molecular weight excluding hydrogens is 294 g/mol. The maximum absolute atomic E-state index is 9.78. The number of aliphatic hydroxyl groups excluding tert-OH is 1. The Morgan fingerprint density at radius 1 is 1.28 bits per heavy atom. The minimum absolute atomic E-state index is 0.377. The maximum atomic E-state index is 9.78. The van der Waals surface area contributed by atoms with Crippen molar-refractivity contribution in [3.8, 4) is 0 Å². The molecule has 0 radical (unpaired) electrons. The van der Waals surface area contributed by atoms with E-state index < -0.39 is 0 Å². The molecule has 1 saturated carbocycles. The lowest BCUT2D eigenvalue weighted by Crippen LogP contribution is -2.41. The Kier molecular flexibility index (Phi) is 7.76. The first-order valence-corrected chi connectivity index (χ1v) is 8.15. The number of hydrogen-bond acceptors (Lipinski definition) is 3. The zero-order valence-electron chi connectivity index (χ0n) is 11.8. The molecule has 1 N–H and O–H groups in total. The normalized spacial score (nSPS) is 21.8. The Morgan fingerprint density at radius 3 is 2.39 bits per heavy atom. The number of ether oxygens (including phenoxy) is 1. The fourth-order valence-corrected chi connectivity index (χ4v) is 3.79. The molecule has 18 heavy (non-hydrogen) atoms. The number of alkyl halides is 1. The summed E-state index contributed by atoms with van der Waals surface area (Å²) in [5, 5.41) is 10.9. The van der Waals surface area contributed by atoms with Crippen LogP contribution in [0.5, 0.6) is 0 Å². The zero-order chi connectivity index (χ0) is 13.4. The van der Waals surface area contributed by atoms with E-state index >= 15 is 0 Å². The highest BCUT2D eigenvalue weighted by Crippen LogP contribution is 2.37. The van der Waals surface area contributed by atoms with E-state index in [9.17, 15) is 5.11 Å². The lowest BCUT2D eigenvalue weighted by atomic mass is 9.82. The summed E-state index contributed by atoms with van der Waals surface area (Å²) in [7, 11) is 3.74. The van der Waals surface area contributed by atoms with Gasteiger partial charge < -0.3 is 14.7 Å². The van der Waals surface area contributed by atoms with Gasteiger partial charge in [-0.2, -0.15) is 0 Å². The molecule has 0 aromatic carbocycles. The Morgan fingerprint density at radius 2 is 1.89 bits per heavy atom. The van der Waals surface area contributed by atoms with Crippen molar-refractivity contribution in [2.24, 2.45) is 5.41 Å². The van der Waals surface area contributed by atoms with Crippen LogP contribution in [0.4, 0.5) is 0 Å². The van der Waals surface area contributed by atoms with Gasteiger partial charge in [-0.1, -0.05) is 41.6 Å². The second-order valence-corrected chi connectivity index (χ2v) is 6.41. The second kappa shape index (κ2) is 8.51. The molecular formula is C14H28BrNO2. The van der Waals surface area contributed by atoms with Gasteiger partial charge in [-0.3, -0.25) is 0 Å². The SMILES string of the molecule is COCC(O)CN(C)CC1(CBr)CCCCCC1. The van der Waals surface area contributed by atoms with Crippen molar-refractivity contribution in [3.05, 3.63) is 0 Å². The molecule has 0 aromatic heterocycles. The van der Waals surface area contributed by atoms with Crippen LogP contribution in [0.1, 0.15) is 38.5 Å². The summed E-state index contributed by atoms with van der Waals surface area (Å²) in [5.74, 6) is 0. The number of halogens is 1. The monoisotopic (exact) mass is 321 g/mol. The van der Waals surface area contributed by atoms with Crippen molar-refractivity contribution in [3.63, 3.8) is 0 Å². The molecule has 0 aliphatic heterocycles. The largest absolute Gasteiger partial charge is 0.389 e. The van der Waals surface area contributed by atoms with Crippen LogP contribution >= 0.6 is 15.9 Å². The molecule has 0 aromatic rings. The average molecular weight is 322 g/mol. The van der Waals surface area contributed by atoms with E-state index in [2.05, 4.69) is 27.9 Å². The van der Waals surface area contributed by atoms with Crippen molar-refractivity contribution >= 4 is 15.9 Å². The Hall–Kier alpha value is 0.360. The van der Waals surface area contributed by atoms with E-state index in [1.807, 2.05) is 0 Å². The lowest BCUT2D eigenvalue weighted by Gasteiger charge is -2.35. The van der Waals surface area contributed by atoms with Crippen LogP contribution in [0.25, 0.3) is 0 Å². The summed E-state index contributed by atoms with van der Waals surface area (Å²) in [4.78, 5) is 2.26. The van der Waals surface area contributed by atoms with Gasteiger partial charge >= 0.3 is 0 Å². The summed E-state index contributed by atoms with van der Waals surface area (Å²) in [5.41, 5.74) is 0.401. The van der Waals surface area contributed by atoms with E-state index in [4.69, 9.17) is 4.74 Å². The predicted molar refractivity (Wildman–Crippen MR) is 79.3 cm³/mol. The third-order valence-electron chi connectivity index (χ3n) is 3.93. The molecule has 1 rings (SSSR count). The first-order valence-electron chi connectivity index (χ1n) is 7.03. The van der Waals surface area contributed by atoms with Gasteiger partial charge in [-0.15, -0.1) is 0 Å². The van der Waals surface area contributed by atoms with E-state index in [1.165, 1.54) is 38.5 Å². The number of likely N-dealkylation sites (N-methyl/N-ethyl adjacent to an activating group) is 1. The minimum Gasteiger partial charge on any atom is -0.389 e. The van der Waals surface area contributed by atoms with E-state index in [-0.39, 0.29) is 6.10 Å². The van der Waals surface area contributed by atoms with Crippen molar-refractivity contribution in [1.82, 2.24) is 4.90 Å². The molecule has 0 heterocycles. The first kappa shape index (κ1) is 16.4. The van der Waals surface area contributed by atoms with E-state index in [0.717, 1.165) is 11.9 Å². The standard InChI is InChI=1S/C14H28BrNO2/c1-16(9-13(17)10-18-2)12-14(11-15)7-5-3-4-6-8-14/h13,17H,3-12H2,1-2H3. The highest BCUT2D eigenvalue weighted by Gasteiger charge is 2.31. The van der Waals surface area contributed by atoms with Gasteiger partial charge in [0.1, 0.15) is 0 Å². The third kappa shape index (κ3) is 5.55. The summed E-state index contributed by atoms with van der Waals surface area (Å²) in [6.07, 6.45) is 7.69. The van der Waals surface area contributed by atoms with Crippen LogP contribution in [0, 0.1) is 5.41 Å². The van der Waals surface area contributed by atoms with Gasteiger partial charge in [-0.25, -0.2) is 0 Å². The smallest absolute Gasteiger partial charge is 0.0899 e. The highest BCUT2D eigenvalue weighted by atomic mass is 79.9. The summed E-state index contributed by atoms with van der Waals surface area (Å²) >= 11 is 3.71. The molecule has 1 fully saturated rings. The summed E-state index contributed by atoms with van der Waals surface area (Å²) in [6.45, 7) is 2.19. The molecule has 1 aliphatic rings. The number of nitrogens with zero attached hydrogens (tertiary/aromatic N) is 1. The van der Waals surface area contributed by atoms with Gasteiger partial charge in [0.2, 0.25) is 0 Å². The molecule has 4 heteroatoms. The molecule has 0 amide bonds.